The van der Waals surface area contributed by atoms with Gasteiger partial charge in [0.2, 0.25) is 0 Å². The molecule has 0 bridgehead atoms. The van der Waals surface area contributed by atoms with Gasteiger partial charge in [-0.3, -0.25) is 9.59 Å². The standard InChI is InChI=1S/C6H13NO2.C3H5NO/c1-4(2)3-5(7)6(8)9;4-2-1-3(2)5/h4-5H,3,7H2,1-2H3,(H,8,9);2H,1,4H2/t5-;/m0./s1. The van der Waals surface area contributed by atoms with Crippen molar-refractivity contribution in [2.24, 2.45) is 17.4 Å². The Morgan fingerprint density at radius 2 is 2.00 bits per heavy atom. The summed E-state index contributed by atoms with van der Waals surface area (Å²) in [4.78, 5) is 19.9. The molecule has 0 aromatic rings. The summed E-state index contributed by atoms with van der Waals surface area (Å²) in [6.45, 7) is 3.89. The second kappa shape index (κ2) is 5.72. The van der Waals surface area contributed by atoms with Crippen LogP contribution in [0.2, 0.25) is 0 Å². The predicted molar refractivity (Wildman–Crippen MR) is 52.7 cm³/mol. The molecule has 0 heterocycles. The van der Waals surface area contributed by atoms with Gasteiger partial charge in [0.1, 0.15) is 6.04 Å². The molecule has 0 saturated heterocycles. The summed E-state index contributed by atoms with van der Waals surface area (Å²) in [5.74, 6) is -0.357. The quantitative estimate of drug-likeness (QED) is 0.584. The summed E-state index contributed by atoms with van der Waals surface area (Å²) in [5.41, 5.74) is 10.2. The minimum absolute atomic E-state index is 0.0880. The zero-order chi connectivity index (χ0) is 11.3. The van der Waals surface area contributed by atoms with Crippen molar-refractivity contribution in [3.05, 3.63) is 0 Å². The first kappa shape index (κ1) is 13.1. The molecule has 1 aliphatic rings. The molecule has 14 heavy (non-hydrogen) atoms. The van der Waals surface area contributed by atoms with Gasteiger partial charge in [-0.05, 0) is 12.3 Å². The van der Waals surface area contributed by atoms with Crippen molar-refractivity contribution in [1.82, 2.24) is 0 Å². The third kappa shape index (κ3) is 6.56. The van der Waals surface area contributed by atoms with E-state index in [-0.39, 0.29) is 11.8 Å². The number of rotatable bonds is 3. The van der Waals surface area contributed by atoms with E-state index in [0.29, 0.717) is 18.8 Å². The lowest BCUT2D eigenvalue weighted by molar-refractivity contribution is -0.138. The van der Waals surface area contributed by atoms with Gasteiger partial charge in [0, 0.05) is 6.42 Å². The van der Waals surface area contributed by atoms with E-state index in [2.05, 4.69) is 0 Å². The average molecular weight is 202 g/mol. The van der Waals surface area contributed by atoms with Crippen LogP contribution in [0.15, 0.2) is 0 Å². The van der Waals surface area contributed by atoms with Crippen molar-refractivity contribution in [2.75, 3.05) is 0 Å². The summed E-state index contributed by atoms with van der Waals surface area (Å²) < 4.78 is 0. The fourth-order valence-corrected chi connectivity index (χ4v) is 0.767. The highest BCUT2D eigenvalue weighted by Gasteiger charge is 2.29. The van der Waals surface area contributed by atoms with Crippen molar-refractivity contribution < 1.29 is 14.7 Å². The van der Waals surface area contributed by atoms with E-state index in [1.807, 2.05) is 13.8 Å². The number of carboxylic acid groups (broad SMARTS) is 1. The first-order chi connectivity index (χ1) is 6.34. The Hall–Kier alpha value is -0.940. The molecule has 1 saturated carbocycles. The van der Waals surface area contributed by atoms with Gasteiger partial charge in [-0.25, -0.2) is 0 Å². The first-order valence-corrected chi connectivity index (χ1v) is 4.61. The molecule has 1 aliphatic carbocycles. The minimum atomic E-state index is -0.913. The van der Waals surface area contributed by atoms with Crippen LogP contribution in [0.25, 0.3) is 0 Å². The molecular weight excluding hydrogens is 184 g/mol. The Kier molecular flexibility index (Phi) is 5.34. The van der Waals surface area contributed by atoms with E-state index in [9.17, 15) is 9.59 Å². The third-order valence-electron chi connectivity index (χ3n) is 1.72. The van der Waals surface area contributed by atoms with Crippen LogP contribution in [0, 0.1) is 5.92 Å². The number of aliphatic carboxylic acids is 1. The maximum atomic E-state index is 10.1. The lowest BCUT2D eigenvalue weighted by atomic mass is 10.1. The molecule has 0 aromatic carbocycles. The number of carbonyl (C=O) groups is 2. The van der Waals surface area contributed by atoms with E-state index in [1.165, 1.54) is 0 Å². The maximum Gasteiger partial charge on any atom is 0.320 e. The van der Waals surface area contributed by atoms with Crippen molar-refractivity contribution in [3.8, 4) is 0 Å². The van der Waals surface area contributed by atoms with Crippen molar-refractivity contribution in [2.45, 2.75) is 38.8 Å². The van der Waals surface area contributed by atoms with Crippen LogP contribution in [-0.2, 0) is 9.59 Å². The predicted octanol–water partition coefficient (Wildman–Crippen LogP) is -0.269. The normalized spacial score (nSPS) is 21.2. The molecule has 5 heteroatoms. The van der Waals surface area contributed by atoms with Gasteiger partial charge < -0.3 is 16.6 Å². The summed E-state index contributed by atoms with van der Waals surface area (Å²) >= 11 is 0. The largest absolute Gasteiger partial charge is 0.480 e. The highest BCUT2D eigenvalue weighted by molar-refractivity contribution is 5.99. The third-order valence-corrected chi connectivity index (χ3v) is 1.72. The van der Waals surface area contributed by atoms with Crippen molar-refractivity contribution in [3.63, 3.8) is 0 Å². The Labute approximate surface area is 83.5 Å². The SMILES string of the molecule is CC(C)C[C@H](N)C(=O)O.NC1CC1=O. The Morgan fingerprint density at radius 1 is 1.64 bits per heavy atom. The average Bonchev–Trinajstić information content (AvgIpc) is 2.64. The second-order valence-electron chi connectivity index (χ2n) is 3.85. The van der Waals surface area contributed by atoms with Crippen molar-refractivity contribution in [1.29, 1.82) is 0 Å². The van der Waals surface area contributed by atoms with Gasteiger partial charge in [-0.1, -0.05) is 13.8 Å². The van der Waals surface area contributed by atoms with E-state index in [0.717, 1.165) is 0 Å². The highest BCUT2D eigenvalue weighted by Crippen LogP contribution is 2.07. The Bertz CT molecular complexity index is 216. The zero-order valence-electron chi connectivity index (χ0n) is 8.56. The molecule has 0 amide bonds. The molecule has 2 atom stereocenters. The Balaban J connectivity index is 0.000000280. The number of carboxylic acids is 1. The maximum absolute atomic E-state index is 10.1. The van der Waals surface area contributed by atoms with Gasteiger partial charge in [0.25, 0.3) is 0 Å². The lowest BCUT2D eigenvalue weighted by Crippen LogP contribution is -2.31. The van der Waals surface area contributed by atoms with E-state index in [1.54, 1.807) is 0 Å². The van der Waals surface area contributed by atoms with Crippen LogP contribution >= 0.6 is 0 Å². The fourth-order valence-electron chi connectivity index (χ4n) is 0.767. The number of hydrogen-bond donors (Lipinski definition) is 3. The van der Waals surface area contributed by atoms with E-state index >= 15 is 0 Å². The van der Waals surface area contributed by atoms with Gasteiger partial charge in [-0.15, -0.1) is 0 Å². The summed E-state index contributed by atoms with van der Waals surface area (Å²) in [7, 11) is 0. The van der Waals surface area contributed by atoms with Crippen LogP contribution in [0.5, 0.6) is 0 Å². The molecule has 1 unspecified atom stereocenters. The molecule has 0 spiro atoms. The van der Waals surface area contributed by atoms with Gasteiger partial charge in [-0.2, -0.15) is 0 Å². The molecule has 1 fully saturated rings. The van der Waals surface area contributed by atoms with Crippen LogP contribution in [0.3, 0.4) is 0 Å². The summed E-state index contributed by atoms with van der Waals surface area (Å²) in [5, 5.41) is 8.31. The number of carbonyl (C=O) groups excluding carboxylic acids is 1. The minimum Gasteiger partial charge on any atom is -0.480 e. The number of ketones is 1. The second-order valence-corrected chi connectivity index (χ2v) is 3.85. The Morgan fingerprint density at radius 3 is 2.07 bits per heavy atom. The highest BCUT2D eigenvalue weighted by atomic mass is 16.4. The molecule has 5 N–H and O–H groups in total. The van der Waals surface area contributed by atoms with Gasteiger partial charge >= 0.3 is 5.97 Å². The molecule has 5 nitrogen and oxygen atoms in total. The molecule has 0 radical (unpaired) electrons. The fraction of sp³-hybridized carbons (Fsp3) is 0.778. The monoisotopic (exact) mass is 202 g/mol. The number of nitrogens with two attached hydrogens (primary N) is 2. The molecule has 0 aromatic heterocycles. The van der Waals surface area contributed by atoms with Gasteiger partial charge in [0.05, 0.1) is 6.04 Å². The smallest absolute Gasteiger partial charge is 0.320 e. The van der Waals surface area contributed by atoms with Gasteiger partial charge in [0.15, 0.2) is 5.78 Å². The van der Waals surface area contributed by atoms with E-state index < -0.39 is 12.0 Å². The summed E-state index contributed by atoms with van der Waals surface area (Å²) in [6, 6.07) is -0.778. The van der Waals surface area contributed by atoms with Crippen LogP contribution in [0.4, 0.5) is 0 Å². The molecule has 0 aliphatic heterocycles. The van der Waals surface area contributed by atoms with E-state index in [4.69, 9.17) is 16.6 Å². The molecule has 82 valence electrons. The van der Waals surface area contributed by atoms with Crippen LogP contribution in [-0.4, -0.2) is 28.9 Å². The zero-order valence-corrected chi connectivity index (χ0v) is 8.56. The topological polar surface area (TPSA) is 106 Å². The first-order valence-electron chi connectivity index (χ1n) is 4.61. The number of Topliss-reactive ketones (excluding diaryl/α,β-unsaturated/α-hetero) is 1. The number of hydrogen-bond acceptors (Lipinski definition) is 4. The van der Waals surface area contributed by atoms with Crippen molar-refractivity contribution >= 4 is 11.8 Å². The molecule has 1 rings (SSSR count). The van der Waals surface area contributed by atoms with Crippen LogP contribution in [0.1, 0.15) is 26.7 Å². The lowest BCUT2D eigenvalue weighted by Gasteiger charge is -2.07. The summed E-state index contributed by atoms with van der Waals surface area (Å²) in [6.07, 6.45) is 1.16. The van der Waals surface area contributed by atoms with Crippen LogP contribution < -0.4 is 11.5 Å². The molecular formula is C9H18N2O3.